The predicted octanol–water partition coefficient (Wildman–Crippen LogP) is 3.79. The summed E-state index contributed by atoms with van der Waals surface area (Å²) in [5.41, 5.74) is 9.89. The largest absolute Gasteiger partial charge is 0.488 e. The Morgan fingerprint density at radius 1 is 1.00 bits per heavy atom. The summed E-state index contributed by atoms with van der Waals surface area (Å²) < 4.78 is 19.9. The van der Waals surface area contributed by atoms with Crippen molar-refractivity contribution < 1.29 is 9.13 Å². The molecule has 0 radical (unpaired) electrons. The molecule has 0 atom stereocenters. The van der Waals surface area contributed by atoms with Crippen LogP contribution >= 0.6 is 0 Å². The first-order valence-corrected chi connectivity index (χ1v) is 6.70. The fourth-order valence-corrected chi connectivity index (χ4v) is 2.20. The normalized spacial score (nSPS) is 10.7. The molecule has 2 N–H and O–H groups in total. The van der Waals surface area contributed by atoms with E-state index >= 15 is 0 Å². The highest BCUT2D eigenvalue weighted by Crippen LogP contribution is 2.27. The monoisotopic (exact) mass is 273 g/mol. The fourth-order valence-electron chi connectivity index (χ4n) is 2.20. The standard InChI is InChI=1S/C17H20FNO/c1-11-7-8-12(2)17(13(11)3)20-10-15-6-4-5-14(9-19)16(15)18/h4-8H,9-10,19H2,1-3H3. The Morgan fingerprint density at radius 2 is 1.65 bits per heavy atom. The average Bonchev–Trinajstić information content (AvgIpc) is 2.44. The number of rotatable bonds is 4. The van der Waals surface area contributed by atoms with Gasteiger partial charge in [-0.1, -0.05) is 30.3 Å². The van der Waals surface area contributed by atoms with Gasteiger partial charge in [0.2, 0.25) is 0 Å². The number of aryl methyl sites for hydroxylation is 2. The smallest absolute Gasteiger partial charge is 0.134 e. The molecule has 0 heterocycles. The third-order valence-corrected chi connectivity index (χ3v) is 3.62. The quantitative estimate of drug-likeness (QED) is 0.920. The number of hydrogen-bond acceptors (Lipinski definition) is 2. The third-order valence-electron chi connectivity index (χ3n) is 3.62. The first-order valence-electron chi connectivity index (χ1n) is 6.70. The molecule has 2 nitrogen and oxygen atoms in total. The molecule has 106 valence electrons. The van der Waals surface area contributed by atoms with Crippen molar-refractivity contribution in [3.05, 3.63) is 64.0 Å². The lowest BCUT2D eigenvalue weighted by molar-refractivity contribution is 0.295. The summed E-state index contributed by atoms with van der Waals surface area (Å²) in [6.45, 7) is 6.46. The molecule has 2 aromatic rings. The lowest BCUT2D eigenvalue weighted by Gasteiger charge is -2.15. The molecule has 0 saturated carbocycles. The maximum absolute atomic E-state index is 14.1. The van der Waals surface area contributed by atoms with Crippen molar-refractivity contribution in [3.63, 3.8) is 0 Å². The van der Waals surface area contributed by atoms with E-state index in [9.17, 15) is 4.39 Å². The second-order valence-electron chi connectivity index (χ2n) is 5.04. The minimum atomic E-state index is -0.266. The molecule has 0 amide bonds. The van der Waals surface area contributed by atoms with Gasteiger partial charge in [-0.05, 0) is 37.5 Å². The van der Waals surface area contributed by atoms with E-state index < -0.39 is 0 Å². The number of hydrogen-bond donors (Lipinski definition) is 1. The first-order chi connectivity index (χ1) is 9.54. The van der Waals surface area contributed by atoms with Crippen LogP contribution in [0.25, 0.3) is 0 Å². The molecule has 0 unspecified atom stereocenters. The zero-order valence-corrected chi connectivity index (χ0v) is 12.2. The Kier molecular flexibility index (Phi) is 4.40. The lowest BCUT2D eigenvalue weighted by Crippen LogP contribution is -2.06. The van der Waals surface area contributed by atoms with E-state index in [1.807, 2.05) is 26.8 Å². The minimum Gasteiger partial charge on any atom is -0.488 e. The van der Waals surface area contributed by atoms with Crippen LogP contribution in [0.5, 0.6) is 5.75 Å². The van der Waals surface area contributed by atoms with Gasteiger partial charge in [0.15, 0.2) is 0 Å². The Hall–Kier alpha value is -1.87. The van der Waals surface area contributed by atoms with Gasteiger partial charge in [-0.2, -0.15) is 0 Å². The Labute approximate surface area is 119 Å². The zero-order valence-electron chi connectivity index (χ0n) is 12.2. The summed E-state index contributed by atoms with van der Waals surface area (Å²) >= 11 is 0. The predicted molar refractivity (Wildman–Crippen MR) is 79.3 cm³/mol. The maximum atomic E-state index is 14.1. The summed E-state index contributed by atoms with van der Waals surface area (Å²) in [4.78, 5) is 0. The summed E-state index contributed by atoms with van der Waals surface area (Å²) in [5, 5.41) is 0. The molecule has 0 bridgehead atoms. The van der Waals surface area contributed by atoms with Crippen LogP contribution in [0.4, 0.5) is 4.39 Å². The van der Waals surface area contributed by atoms with Crippen LogP contribution in [0.15, 0.2) is 30.3 Å². The topological polar surface area (TPSA) is 35.2 Å². The van der Waals surface area contributed by atoms with Crippen LogP contribution in [0, 0.1) is 26.6 Å². The highest BCUT2D eigenvalue weighted by atomic mass is 19.1. The van der Waals surface area contributed by atoms with Crippen molar-refractivity contribution in [2.45, 2.75) is 33.9 Å². The van der Waals surface area contributed by atoms with Gasteiger partial charge in [0, 0.05) is 17.7 Å². The Bertz CT molecular complexity index is 623. The van der Waals surface area contributed by atoms with Crippen LogP contribution in [-0.4, -0.2) is 0 Å². The van der Waals surface area contributed by atoms with E-state index in [0.717, 1.165) is 16.9 Å². The summed E-state index contributed by atoms with van der Waals surface area (Å²) in [6.07, 6.45) is 0. The first kappa shape index (κ1) is 14.5. The van der Waals surface area contributed by atoms with Crippen molar-refractivity contribution in [2.75, 3.05) is 0 Å². The molecular formula is C17H20FNO. The summed E-state index contributed by atoms with van der Waals surface area (Å²) in [5.74, 6) is 0.570. The minimum absolute atomic E-state index is 0.197. The third kappa shape index (κ3) is 2.83. The molecule has 2 aromatic carbocycles. The molecular weight excluding hydrogens is 253 g/mol. The van der Waals surface area contributed by atoms with Gasteiger partial charge in [-0.25, -0.2) is 4.39 Å². The van der Waals surface area contributed by atoms with Crippen LogP contribution in [0.3, 0.4) is 0 Å². The molecule has 0 saturated heterocycles. The van der Waals surface area contributed by atoms with E-state index in [1.165, 1.54) is 5.56 Å². The maximum Gasteiger partial charge on any atom is 0.134 e. The zero-order chi connectivity index (χ0) is 14.7. The molecule has 0 aliphatic carbocycles. The van der Waals surface area contributed by atoms with Crippen molar-refractivity contribution in [3.8, 4) is 5.75 Å². The van der Waals surface area contributed by atoms with Gasteiger partial charge in [0.05, 0.1) is 0 Å². The van der Waals surface area contributed by atoms with Crippen LogP contribution in [0.1, 0.15) is 27.8 Å². The van der Waals surface area contributed by atoms with Gasteiger partial charge in [-0.15, -0.1) is 0 Å². The number of halogens is 1. The molecule has 0 aromatic heterocycles. The van der Waals surface area contributed by atoms with Crippen molar-refractivity contribution in [1.29, 1.82) is 0 Å². The second kappa shape index (κ2) is 6.06. The van der Waals surface area contributed by atoms with Gasteiger partial charge < -0.3 is 10.5 Å². The number of nitrogens with two attached hydrogens (primary N) is 1. The van der Waals surface area contributed by atoms with Crippen molar-refractivity contribution in [1.82, 2.24) is 0 Å². The Morgan fingerprint density at radius 3 is 2.35 bits per heavy atom. The molecule has 3 heteroatoms. The van der Waals surface area contributed by atoms with E-state index in [-0.39, 0.29) is 19.0 Å². The molecule has 20 heavy (non-hydrogen) atoms. The summed E-state index contributed by atoms with van der Waals surface area (Å²) in [6, 6.07) is 9.31. The van der Waals surface area contributed by atoms with Crippen LogP contribution < -0.4 is 10.5 Å². The molecule has 0 aliphatic heterocycles. The van der Waals surface area contributed by atoms with Gasteiger partial charge in [0.25, 0.3) is 0 Å². The van der Waals surface area contributed by atoms with E-state index in [1.54, 1.807) is 18.2 Å². The van der Waals surface area contributed by atoms with Crippen molar-refractivity contribution in [2.24, 2.45) is 5.73 Å². The van der Waals surface area contributed by atoms with E-state index in [0.29, 0.717) is 11.1 Å². The number of benzene rings is 2. The van der Waals surface area contributed by atoms with Crippen LogP contribution in [0.2, 0.25) is 0 Å². The molecule has 0 spiro atoms. The lowest BCUT2D eigenvalue weighted by atomic mass is 10.1. The average molecular weight is 273 g/mol. The SMILES string of the molecule is Cc1ccc(C)c(OCc2cccc(CN)c2F)c1C. The molecule has 2 rings (SSSR count). The van der Waals surface area contributed by atoms with E-state index in [2.05, 4.69) is 6.07 Å². The van der Waals surface area contributed by atoms with Crippen molar-refractivity contribution >= 4 is 0 Å². The van der Waals surface area contributed by atoms with Crippen LogP contribution in [-0.2, 0) is 13.2 Å². The molecule has 0 fully saturated rings. The van der Waals surface area contributed by atoms with Gasteiger partial charge in [-0.3, -0.25) is 0 Å². The Balaban J connectivity index is 2.24. The summed E-state index contributed by atoms with van der Waals surface area (Å²) in [7, 11) is 0. The highest BCUT2D eigenvalue weighted by molar-refractivity contribution is 5.44. The molecule has 0 aliphatic rings. The fraction of sp³-hybridized carbons (Fsp3) is 0.294. The number of ether oxygens (including phenoxy) is 1. The van der Waals surface area contributed by atoms with E-state index in [4.69, 9.17) is 10.5 Å². The van der Waals surface area contributed by atoms with Gasteiger partial charge >= 0.3 is 0 Å². The van der Waals surface area contributed by atoms with Gasteiger partial charge in [0.1, 0.15) is 18.2 Å². The highest BCUT2D eigenvalue weighted by Gasteiger charge is 2.10. The second-order valence-corrected chi connectivity index (χ2v) is 5.04.